The van der Waals surface area contributed by atoms with Crippen molar-refractivity contribution in [3.05, 3.63) is 53.7 Å². The topological polar surface area (TPSA) is 4.41 Å². The van der Waals surface area contributed by atoms with Crippen molar-refractivity contribution in [1.29, 1.82) is 0 Å². The molecule has 1 aromatic carbocycles. The molecule has 0 spiro atoms. The fraction of sp³-hybridized carbons (Fsp3) is 0.250. The number of aromatic nitrogens is 1. The van der Waals surface area contributed by atoms with Crippen molar-refractivity contribution in [3.8, 4) is 0 Å². The number of para-hydroxylation sites is 1. The van der Waals surface area contributed by atoms with Crippen molar-refractivity contribution in [2.75, 3.05) is 0 Å². The van der Waals surface area contributed by atoms with Crippen LogP contribution in [0.2, 0.25) is 0 Å². The van der Waals surface area contributed by atoms with E-state index in [-0.39, 0.29) is 0 Å². The molecule has 84 valence electrons. The van der Waals surface area contributed by atoms with Crippen molar-refractivity contribution < 1.29 is 0 Å². The van der Waals surface area contributed by atoms with Crippen molar-refractivity contribution in [1.82, 2.24) is 4.40 Å². The van der Waals surface area contributed by atoms with E-state index in [0.29, 0.717) is 0 Å². The highest BCUT2D eigenvalue weighted by Crippen LogP contribution is 2.28. The monoisotopic (exact) mass is 221 g/mol. The van der Waals surface area contributed by atoms with Gasteiger partial charge in [0.25, 0.3) is 0 Å². The van der Waals surface area contributed by atoms with E-state index in [1.165, 1.54) is 47.8 Å². The molecule has 0 N–H and O–H groups in total. The second kappa shape index (κ2) is 3.36. The Morgan fingerprint density at radius 3 is 2.76 bits per heavy atom. The molecule has 17 heavy (non-hydrogen) atoms. The molecular weight excluding hydrogens is 206 g/mol. The Labute approximate surface area is 101 Å². The Morgan fingerprint density at radius 2 is 1.76 bits per heavy atom. The summed E-state index contributed by atoms with van der Waals surface area (Å²) in [6, 6.07) is 15.6. The molecule has 3 aromatic rings. The van der Waals surface area contributed by atoms with Crippen LogP contribution in [0.5, 0.6) is 0 Å². The molecule has 4 rings (SSSR count). The molecule has 0 bridgehead atoms. The molecule has 1 heteroatoms. The summed E-state index contributed by atoms with van der Waals surface area (Å²) >= 11 is 0. The van der Waals surface area contributed by atoms with E-state index in [9.17, 15) is 0 Å². The zero-order chi connectivity index (χ0) is 11.2. The molecule has 1 aliphatic rings. The fourth-order valence-electron chi connectivity index (χ4n) is 3.13. The fourth-order valence-corrected chi connectivity index (χ4v) is 3.13. The minimum Gasteiger partial charge on any atom is -0.313 e. The molecule has 0 fully saturated rings. The van der Waals surface area contributed by atoms with E-state index < -0.39 is 0 Å². The van der Waals surface area contributed by atoms with Crippen molar-refractivity contribution >= 4 is 16.4 Å². The third-order valence-electron chi connectivity index (χ3n) is 3.94. The molecule has 0 aliphatic heterocycles. The van der Waals surface area contributed by atoms with Gasteiger partial charge in [-0.1, -0.05) is 24.3 Å². The van der Waals surface area contributed by atoms with Gasteiger partial charge in [0.1, 0.15) is 0 Å². The van der Waals surface area contributed by atoms with E-state index in [2.05, 4.69) is 46.9 Å². The van der Waals surface area contributed by atoms with E-state index in [0.717, 1.165) is 0 Å². The maximum atomic E-state index is 2.46. The average Bonchev–Trinajstić information content (AvgIpc) is 2.77. The molecule has 0 radical (unpaired) electrons. The Hall–Kier alpha value is -1.76. The van der Waals surface area contributed by atoms with Crippen molar-refractivity contribution in [2.24, 2.45) is 0 Å². The van der Waals surface area contributed by atoms with Crippen LogP contribution in [0, 0.1) is 0 Å². The number of aryl methyl sites for hydroxylation is 2. The summed E-state index contributed by atoms with van der Waals surface area (Å²) in [5, 5.41) is 1.35. The van der Waals surface area contributed by atoms with Crippen LogP contribution < -0.4 is 0 Å². The lowest BCUT2D eigenvalue weighted by Gasteiger charge is -2.18. The van der Waals surface area contributed by atoms with Crippen LogP contribution in [-0.4, -0.2) is 4.40 Å². The summed E-state index contributed by atoms with van der Waals surface area (Å²) in [6.07, 6.45) is 5.15. The molecule has 2 aromatic heterocycles. The van der Waals surface area contributed by atoms with Crippen LogP contribution in [0.1, 0.15) is 24.1 Å². The van der Waals surface area contributed by atoms with Gasteiger partial charge in [0, 0.05) is 16.6 Å². The van der Waals surface area contributed by atoms with Gasteiger partial charge in [-0.05, 0) is 49.4 Å². The maximum absolute atomic E-state index is 2.46. The van der Waals surface area contributed by atoms with Crippen LogP contribution in [-0.2, 0) is 12.8 Å². The molecule has 2 heterocycles. The zero-order valence-electron chi connectivity index (χ0n) is 9.82. The van der Waals surface area contributed by atoms with Gasteiger partial charge in [-0.2, -0.15) is 0 Å². The van der Waals surface area contributed by atoms with Gasteiger partial charge in [-0.25, -0.2) is 0 Å². The average molecular weight is 221 g/mol. The third-order valence-corrected chi connectivity index (χ3v) is 3.94. The lowest BCUT2D eigenvalue weighted by Crippen LogP contribution is -2.08. The number of fused-ring (bicyclic) bond motifs is 5. The van der Waals surface area contributed by atoms with Crippen molar-refractivity contribution in [3.63, 3.8) is 0 Å². The predicted molar refractivity (Wildman–Crippen MR) is 71.5 cm³/mol. The highest BCUT2D eigenvalue weighted by molar-refractivity contribution is 5.87. The standard InChI is InChI=1S/C16H15N/c1-3-7-15-12(5-1)9-10-14-11-13-6-2-4-8-16(13)17(14)15/h2,4,6,8-11H,1,3,5,7H2. The Balaban J connectivity index is 2.20. The molecule has 0 amide bonds. The first kappa shape index (κ1) is 9.29. The summed E-state index contributed by atoms with van der Waals surface area (Å²) < 4.78 is 2.46. The van der Waals surface area contributed by atoms with Gasteiger partial charge in [0.05, 0.1) is 5.52 Å². The first-order chi connectivity index (χ1) is 8.43. The normalized spacial score (nSPS) is 15.3. The highest BCUT2D eigenvalue weighted by atomic mass is 14.9. The minimum absolute atomic E-state index is 1.23. The van der Waals surface area contributed by atoms with E-state index in [1.807, 2.05) is 0 Å². The largest absolute Gasteiger partial charge is 0.313 e. The molecule has 1 nitrogen and oxygen atoms in total. The number of nitrogens with zero attached hydrogens (tertiary/aromatic N) is 1. The van der Waals surface area contributed by atoms with Crippen LogP contribution in [0.25, 0.3) is 16.4 Å². The summed E-state index contributed by atoms with van der Waals surface area (Å²) in [7, 11) is 0. The lowest BCUT2D eigenvalue weighted by atomic mass is 9.96. The molecule has 1 aliphatic carbocycles. The third kappa shape index (κ3) is 1.25. The molecule has 0 unspecified atom stereocenters. The van der Waals surface area contributed by atoms with Gasteiger partial charge in [0.2, 0.25) is 0 Å². The Kier molecular flexibility index (Phi) is 1.84. The molecule has 0 atom stereocenters. The van der Waals surface area contributed by atoms with Crippen LogP contribution in [0.3, 0.4) is 0 Å². The minimum atomic E-state index is 1.23. The lowest BCUT2D eigenvalue weighted by molar-refractivity contribution is 0.663. The molecule has 0 saturated heterocycles. The van der Waals surface area contributed by atoms with Crippen molar-refractivity contribution in [2.45, 2.75) is 25.7 Å². The van der Waals surface area contributed by atoms with Crippen LogP contribution >= 0.6 is 0 Å². The first-order valence-corrected chi connectivity index (χ1v) is 6.44. The number of hydrogen-bond donors (Lipinski definition) is 0. The van der Waals surface area contributed by atoms with E-state index in [4.69, 9.17) is 0 Å². The Morgan fingerprint density at radius 1 is 0.882 bits per heavy atom. The van der Waals surface area contributed by atoms with Crippen LogP contribution in [0.15, 0.2) is 42.5 Å². The van der Waals surface area contributed by atoms with Gasteiger partial charge in [-0.3, -0.25) is 0 Å². The maximum Gasteiger partial charge on any atom is 0.0531 e. The SMILES string of the molecule is c1ccc2c(c1)cc1ccc3c(n12)CCCC3. The summed E-state index contributed by atoms with van der Waals surface area (Å²) in [5.41, 5.74) is 5.79. The van der Waals surface area contributed by atoms with Gasteiger partial charge < -0.3 is 4.40 Å². The number of hydrogen-bond acceptors (Lipinski definition) is 0. The summed E-state index contributed by atoms with van der Waals surface area (Å²) in [4.78, 5) is 0. The number of rotatable bonds is 0. The van der Waals surface area contributed by atoms with E-state index in [1.54, 1.807) is 5.56 Å². The quantitative estimate of drug-likeness (QED) is 0.541. The first-order valence-electron chi connectivity index (χ1n) is 6.44. The second-order valence-electron chi connectivity index (χ2n) is 4.98. The number of benzene rings is 1. The second-order valence-corrected chi connectivity index (χ2v) is 4.98. The Bertz CT molecular complexity index is 706. The molecular formula is C16H15N. The molecule has 0 saturated carbocycles. The summed E-state index contributed by atoms with van der Waals surface area (Å²) in [5.74, 6) is 0. The predicted octanol–water partition coefficient (Wildman–Crippen LogP) is 3.97. The smallest absolute Gasteiger partial charge is 0.0531 e. The van der Waals surface area contributed by atoms with E-state index >= 15 is 0 Å². The zero-order valence-corrected chi connectivity index (χ0v) is 9.82. The van der Waals surface area contributed by atoms with Gasteiger partial charge >= 0.3 is 0 Å². The number of pyridine rings is 1. The summed E-state index contributed by atoms with van der Waals surface area (Å²) in [6.45, 7) is 0. The van der Waals surface area contributed by atoms with Gasteiger partial charge in [0.15, 0.2) is 0 Å². The highest BCUT2D eigenvalue weighted by Gasteiger charge is 2.14. The van der Waals surface area contributed by atoms with Gasteiger partial charge in [-0.15, -0.1) is 0 Å². The van der Waals surface area contributed by atoms with Crippen LogP contribution in [0.4, 0.5) is 0 Å².